The van der Waals surface area contributed by atoms with Crippen LogP contribution < -0.4 is 4.74 Å². The molecular formula is C31H43F3N4O2. The summed E-state index contributed by atoms with van der Waals surface area (Å²) in [7, 11) is 1.48. The van der Waals surface area contributed by atoms with Crippen molar-refractivity contribution >= 4 is 11.6 Å². The molecule has 40 heavy (non-hydrogen) atoms. The van der Waals surface area contributed by atoms with Crippen LogP contribution in [0.5, 0.6) is 5.75 Å². The van der Waals surface area contributed by atoms with Crippen LogP contribution in [0, 0.1) is 0 Å². The van der Waals surface area contributed by atoms with Crippen molar-refractivity contribution in [2.24, 2.45) is 0 Å². The topological polar surface area (TPSA) is 59.7 Å². The van der Waals surface area contributed by atoms with Gasteiger partial charge >= 0.3 is 6.18 Å². The molecule has 0 saturated heterocycles. The standard InChI is InChI=1S/C26H31F3N4O2.C3H6.C2H6/c1-6-8-9-13-32(18(4)17(3)7-2)25(34)21-16-30-33-23(26(27,28)29)15-22(31-24(21)33)19-11-10-12-20(14-19)35-5;1-3-2;1-2/h10-12,14-16H,6-9,13H2,1-5H3;3H,1H2,2H3;1-2H3/b18-17+;;. The number of nitrogens with zero attached hydrogens (tertiary/aromatic N) is 4. The highest BCUT2D eigenvalue weighted by molar-refractivity contribution is 6.00. The van der Waals surface area contributed by atoms with Crippen molar-refractivity contribution in [2.75, 3.05) is 13.7 Å². The Morgan fingerprint density at radius 3 is 2.35 bits per heavy atom. The number of allylic oxidation sites excluding steroid dienone is 3. The molecule has 6 nitrogen and oxygen atoms in total. The van der Waals surface area contributed by atoms with Crippen LogP contribution in [0.25, 0.3) is 16.9 Å². The van der Waals surface area contributed by atoms with Crippen LogP contribution in [0.3, 0.4) is 0 Å². The van der Waals surface area contributed by atoms with E-state index >= 15 is 0 Å². The van der Waals surface area contributed by atoms with Gasteiger partial charge in [-0.25, -0.2) is 9.50 Å². The maximum Gasteiger partial charge on any atom is 0.433 e. The molecule has 9 heteroatoms. The van der Waals surface area contributed by atoms with E-state index in [2.05, 4.69) is 23.6 Å². The SMILES string of the molecule is C=CC.CC.CCCCCN(C(=O)c1cnn2c(C(F)(F)F)cc(-c3cccc(OC)c3)nc12)/C(C)=C(\C)CC. The van der Waals surface area contributed by atoms with E-state index in [0.29, 0.717) is 22.4 Å². The maximum absolute atomic E-state index is 14.0. The molecule has 0 atom stereocenters. The second-order valence-electron chi connectivity index (χ2n) is 8.84. The zero-order chi connectivity index (χ0) is 30.5. The van der Waals surface area contributed by atoms with Crippen LogP contribution in [0.1, 0.15) is 90.2 Å². The van der Waals surface area contributed by atoms with Gasteiger partial charge in [0.25, 0.3) is 5.91 Å². The summed E-state index contributed by atoms with van der Waals surface area (Å²) in [6.07, 6.45) is 1.69. The molecule has 0 aliphatic heterocycles. The number of methoxy groups -OCH3 is 1. The van der Waals surface area contributed by atoms with E-state index in [1.165, 1.54) is 13.3 Å². The minimum absolute atomic E-state index is 0.0278. The molecule has 1 aromatic carbocycles. The highest BCUT2D eigenvalue weighted by Crippen LogP contribution is 2.34. The van der Waals surface area contributed by atoms with Crippen molar-refractivity contribution in [2.45, 2.75) is 80.3 Å². The van der Waals surface area contributed by atoms with Crippen LogP contribution >= 0.6 is 0 Å². The van der Waals surface area contributed by atoms with E-state index in [1.807, 2.05) is 41.5 Å². The van der Waals surface area contributed by atoms with E-state index < -0.39 is 17.8 Å². The first-order valence-electron chi connectivity index (χ1n) is 13.7. The van der Waals surface area contributed by atoms with Crippen molar-refractivity contribution in [3.8, 4) is 17.0 Å². The van der Waals surface area contributed by atoms with Crippen LogP contribution in [0.2, 0.25) is 0 Å². The molecule has 2 aromatic heterocycles. The number of benzene rings is 1. The molecule has 0 aliphatic carbocycles. The van der Waals surface area contributed by atoms with Gasteiger partial charge in [-0.1, -0.05) is 64.3 Å². The molecule has 0 aliphatic rings. The van der Waals surface area contributed by atoms with Gasteiger partial charge in [0.05, 0.1) is 19.0 Å². The van der Waals surface area contributed by atoms with Gasteiger partial charge in [0, 0.05) is 17.8 Å². The fourth-order valence-electron chi connectivity index (χ4n) is 3.82. The molecule has 2 heterocycles. The lowest BCUT2D eigenvalue weighted by Crippen LogP contribution is -2.31. The summed E-state index contributed by atoms with van der Waals surface area (Å²) >= 11 is 0. The zero-order valence-electron chi connectivity index (χ0n) is 25.0. The largest absolute Gasteiger partial charge is 0.497 e. The van der Waals surface area contributed by atoms with Crippen LogP contribution in [-0.4, -0.2) is 39.1 Å². The van der Waals surface area contributed by atoms with Gasteiger partial charge in [0.1, 0.15) is 11.3 Å². The van der Waals surface area contributed by atoms with Gasteiger partial charge < -0.3 is 9.64 Å². The Hall–Kier alpha value is -3.62. The Bertz CT molecular complexity index is 1280. The molecule has 0 saturated carbocycles. The third-order valence-electron chi connectivity index (χ3n) is 6.14. The quantitative estimate of drug-likeness (QED) is 0.194. The van der Waals surface area contributed by atoms with E-state index in [0.717, 1.165) is 43.0 Å². The molecule has 0 spiro atoms. The summed E-state index contributed by atoms with van der Waals surface area (Å²) in [5.41, 5.74) is 1.24. The predicted octanol–water partition coefficient (Wildman–Crippen LogP) is 8.98. The van der Waals surface area contributed by atoms with Crippen molar-refractivity contribution in [3.63, 3.8) is 0 Å². The molecule has 220 valence electrons. The van der Waals surface area contributed by atoms with E-state index in [1.54, 1.807) is 35.2 Å². The number of unbranched alkanes of at least 4 members (excludes halogenated alkanes) is 2. The van der Waals surface area contributed by atoms with Crippen LogP contribution in [0.15, 0.2) is 60.5 Å². The molecule has 3 rings (SSSR count). The summed E-state index contributed by atoms with van der Waals surface area (Å²) < 4.78 is 47.9. The second kappa shape index (κ2) is 16.5. The van der Waals surface area contributed by atoms with Crippen molar-refractivity contribution in [3.05, 3.63) is 71.7 Å². The number of aromatic nitrogens is 3. The molecule has 0 bridgehead atoms. The maximum atomic E-state index is 14.0. The molecule has 0 unspecified atom stereocenters. The Morgan fingerprint density at radius 1 is 1.15 bits per heavy atom. The molecule has 0 radical (unpaired) electrons. The lowest BCUT2D eigenvalue weighted by molar-refractivity contribution is -0.142. The number of alkyl halides is 3. The third-order valence-corrected chi connectivity index (χ3v) is 6.14. The van der Waals surface area contributed by atoms with E-state index in [4.69, 9.17) is 4.74 Å². The lowest BCUT2D eigenvalue weighted by atomic mass is 10.1. The number of amides is 1. The third kappa shape index (κ3) is 8.69. The predicted molar refractivity (Wildman–Crippen MR) is 156 cm³/mol. The Kier molecular flexibility index (Phi) is 14.2. The summed E-state index contributed by atoms with van der Waals surface area (Å²) in [4.78, 5) is 19.8. The monoisotopic (exact) mass is 560 g/mol. The van der Waals surface area contributed by atoms with Gasteiger partial charge in [0.15, 0.2) is 11.3 Å². The van der Waals surface area contributed by atoms with Gasteiger partial charge in [-0.15, -0.1) is 6.58 Å². The van der Waals surface area contributed by atoms with Crippen molar-refractivity contribution < 1.29 is 22.7 Å². The summed E-state index contributed by atoms with van der Waals surface area (Å²) in [6.45, 7) is 17.6. The van der Waals surface area contributed by atoms with Crippen LogP contribution in [-0.2, 0) is 6.18 Å². The van der Waals surface area contributed by atoms with Gasteiger partial charge in [0.2, 0.25) is 0 Å². The fourth-order valence-corrected chi connectivity index (χ4v) is 3.82. The number of hydrogen-bond donors (Lipinski definition) is 0. The van der Waals surface area contributed by atoms with Crippen molar-refractivity contribution in [1.82, 2.24) is 19.5 Å². The molecule has 0 N–H and O–H groups in total. The Balaban J connectivity index is 0.00000150. The first kappa shape index (κ1) is 34.4. The van der Waals surface area contributed by atoms with E-state index in [-0.39, 0.29) is 16.9 Å². The normalized spacial score (nSPS) is 11.5. The highest BCUT2D eigenvalue weighted by atomic mass is 19.4. The molecular weight excluding hydrogens is 517 g/mol. The number of rotatable bonds is 9. The number of carbonyl (C=O) groups is 1. The molecule has 0 fully saturated rings. The lowest BCUT2D eigenvalue weighted by Gasteiger charge is -2.25. The first-order chi connectivity index (χ1) is 19.0. The summed E-state index contributed by atoms with van der Waals surface area (Å²) in [6, 6.07) is 7.56. The number of fused-ring (bicyclic) bond motifs is 1. The smallest absolute Gasteiger partial charge is 0.433 e. The number of hydrogen-bond acceptors (Lipinski definition) is 4. The minimum atomic E-state index is -4.70. The van der Waals surface area contributed by atoms with Gasteiger partial charge in [-0.3, -0.25) is 4.79 Å². The molecule has 1 amide bonds. The number of carbonyl (C=O) groups excluding carboxylic acids is 1. The zero-order valence-corrected chi connectivity index (χ0v) is 25.0. The minimum Gasteiger partial charge on any atom is -0.497 e. The number of ether oxygens (including phenoxy) is 1. The van der Waals surface area contributed by atoms with Crippen molar-refractivity contribution in [1.29, 1.82) is 0 Å². The first-order valence-corrected chi connectivity index (χ1v) is 13.7. The highest BCUT2D eigenvalue weighted by Gasteiger charge is 2.36. The summed E-state index contributed by atoms with van der Waals surface area (Å²) in [5.74, 6) is 0.0743. The van der Waals surface area contributed by atoms with Gasteiger partial charge in [-0.05, 0) is 51.8 Å². The Morgan fingerprint density at radius 2 is 1.80 bits per heavy atom. The second-order valence-corrected chi connectivity index (χ2v) is 8.84. The molecule has 3 aromatic rings. The van der Waals surface area contributed by atoms with Crippen LogP contribution in [0.4, 0.5) is 13.2 Å². The average Bonchev–Trinajstić information content (AvgIpc) is 3.38. The fraction of sp³-hybridized carbons (Fsp3) is 0.452. The van der Waals surface area contributed by atoms with E-state index in [9.17, 15) is 18.0 Å². The average molecular weight is 561 g/mol. The Labute approximate surface area is 236 Å². The summed E-state index contributed by atoms with van der Waals surface area (Å²) in [5, 5.41) is 3.92. The number of halogens is 3. The van der Waals surface area contributed by atoms with Gasteiger partial charge in [-0.2, -0.15) is 18.3 Å².